The zero-order valence-corrected chi connectivity index (χ0v) is 11.2. The molecule has 0 atom stereocenters. The first-order chi connectivity index (χ1) is 10.0. The standard InChI is InChI=1S/C13H15F2N3O3/c14-11-8(13(20)21)1-2-9(12(11)15)17-7-10(19)18-5-3-16-4-6-18/h1-2,16-17H,3-7H2,(H,20,21). The van der Waals surface area contributed by atoms with Crippen molar-refractivity contribution in [1.82, 2.24) is 10.2 Å². The molecule has 114 valence electrons. The van der Waals surface area contributed by atoms with Crippen LogP contribution in [-0.2, 0) is 4.79 Å². The van der Waals surface area contributed by atoms with Gasteiger partial charge in [-0.1, -0.05) is 0 Å². The molecule has 21 heavy (non-hydrogen) atoms. The first kappa shape index (κ1) is 15.2. The van der Waals surface area contributed by atoms with Gasteiger partial charge >= 0.3 is 5.97 Å². The van der Waals surface area contributed by atoms with Crippen LogP contribution in [0.4, 0.5) is 14.5 Å². The Hall–Kier alpha value is -2.22. The molecule has 0 radical (unpaired) electrons. The summed E-state index contributed by atoms with van der Waals surface area (Å²) in [6, 6.07) is 2.06. The van der Waals surface area contributed by atoms with E-state index in [2.05, 4.69) is 10.6 Å². The summed E-state index contributed by atoms with van der Waals surface area (Å²) in [5.41, 5.74) is -0.979. The van der Waals surface area contributed by atoms with Crippen molar-refractivity contribution in [2.75, 3.05) is 38.0 Å². The monoisotopic (exact) mass is 299 g/mol. The lowest BCUT2D eigenvalue weighted by atomic mass is 10.2. The second-order valence-electron chi connectivity index (χ2n) is 4.58. The highest BCUT2D eigenvalue weighted by atomic mass is 19.2. The molecule has 1 aliphatic rings. The lowest BCUT2D eigenvalue weighted by molar-refractivity contribution is -0.129. The SMILES string of the molecule is O=C(O)c1ccc(NCC(=O)N2CCNCC2)c(F)c1F. The maximum Gasteiger partial charge on any atom is 0.338 e. The van der Waals surface area contributed by atoms with Crippen molar-refractivity contribution in [2.45, 2.75) is 0 Å². The Morgan fingerprint density at radius 1 is 1.24 bits per heavy atom. The fourth-order valence-corrected chi connectivity index (χ4v) is 2.05. The number of nitrogens with one attached hydrogen (secondary N) is 2. The van der Waals surface area contributed by atoms with E-state index in [1.165, 1.54) is 0 Å². The second-order valence-corrected chi connectivity index (χ2v) is 4.58. The van der Waals surface area contributed by atoms with Gasteiger partial charge in [0.1, 0.15) is 0 Å². The van der Waals surface area contributed by atoms with Crippen LogP contribution in [0.1, 0.15) is 10.4 Å². The van der Waals surface area contributed by atoms with E-state index in [0.29, 0.717) is 26.2 Å². The van der Waals surface area contributed by atoms with Crippen molar-refractivity contribution >= 4 is 17.6 Å². The predicted octanol–water partition coefficient (Wildman–Crippen LogP) is 0.507. The first-order valence-corrected chi connectivity index (χ1v) is 6.44. The van der Waals surface area contributed by atoms with E-state index in [9.17, 15) is 18.4 Å². The number of anilines is 1. The quantitative estimate of drug-likeness (QED) is 0.754. The van der Waals surface area contributed by atoms with Crippen LogP contribution in [-0.4, -0.2) is 54.6 Å². The van der Waals surface area contributed by atoms with Gasteiger partial charge in [0, 0.05) is 26.2 Å². The van der Waals surface area contributed by atoms with Crippen LogP contribution >= 0.6 is 0 Å². The maximum absolute atomic E-state index is 13.7. The van der Waals surface area contributed by atoms with Crippen molar-refractivity contribution in [1.29, 1.82) is 0 Å². The van der Waals surface area contributed by atoms with E-state index < -0.39 is 23.2 Å². The molecule has 0 spiro atoms. The third-order valence-electron chi connectivity index (χ3n) is 3.21. The van der Waals surface area contributed by atoms with Crippen LogP contribution in [0.15, 0.2) is 12.1 Å². The lowest BCUT2D eigenvalue weighted by Gasteiger charge is -2.27. The van der Waals surface area contributed by atoms with Gasteiger partial charge in [0.25, 0.3) is 0 Å². The number of benzene rings is 1. The van der Waals surface area contributed by atoms with E-state index >= 15 is 0 Å². The normalized spacial score (nSPS) is 14.9. The van der Waals surface area contributed by atoms with Crippen LogP contribution in [0.25, 0.3) is 0 Å². The minimum Gasteiger partial charge on any atom is -0.478 e. The molecule has 0 unspecified atom stereocenters. The zero-order valence-electron chi connectivity index (χ0n) is 11.2. The summed E-state index contributed by atoms with van der Waals surface area (Å²) in [7, 11) is 0. The van der Waals surface area contributed by atoms with E-state index in [4.69, 9.17) is 5.11 Å². The molecular formula is C13H15F2N3O3. The fourth-order valence-electron chi connectivity index (χ4n) is 2.05. The number of carbonyl (C=O) groups is 2. The maximum atomic E-state index is 13.7. The van der Waals surface area contributed by atoms with E-state index in [1.807, 2.05) is 0 Å². The number of rotatable bonds is 4. The summed E-state index contributed by atoms with van der Waals surface area (Å²) in [4.78, 5) is 24.1. The summed E-state index contributed by atoms with van der Waals surface area (Å²) in [5, 5.41) is 14.3. The molecule has 3 N–H and O–H groups in total. The Morgan fingerprint density at radius 3 is 2.52 bits per heavy atom. The number of nitrogens with zero attached hydrogens (tertiary/aromatic N) is 1. The van der Waals surface area contributed by atoms with E-state index in [1.54, 1.807) is 4.90 Å². The molecule has 0 aromatic heterocycles. The number of piperazine rings is 1. The molecule has 1 fully saturated rings. The number of carboxylic acids is 1. The Labute approximate surface area is 119 Å². The largest absolute Gasteiger partial charge is 0.478 e. The van der Waals surface area contributed by atoms with Crippen molar-refractivity contribution in [3.8, 4) is 0 Å². The summed E-state index contributed by atoms with van der Waals surface area (Å²) in [6.45, 7) is 2.34. The van der Waals surface area contributed by atoms with E-state index in [0.717, 1.165) is 12.1 Å². The molecule has 0 bridgehead atoms. The third kappa shape index (κ3) is 3.46. The molecule has 1 aliphatic heterocycles. The average Bonchev–Trinajstić information content (AvgIpc) is 2.49. The molecule has 2 rings (SSSR count). The molecular weight excluding hydrogens is 284 g/mol. The number of halogens is 2. The number of carbonyl (C=O) groups excluding carboxylic acids is 1. The van der Waals surface area contributed by atoms with Crippen LogP contribution in [0, 0.1) is 11.6 Å². The van der Waals surface area contributed by atoms with Gasteiger partial charge in [0.15, 0.2) is 11.6 Å². The first-order valence-electron chi connectivity index (χ1n) is 6.44. The van der Waals surface area contributed by atoms with Crippen molar-refractivity contribution < 1.29 is 23.5 Å². The van der Waals surface area contributed by atoms with Gasteiger partial charge in [-0.25, -0.2) is 13.6 Å². The third-order valence-corrected chi connectivity index (χ3v) is 3.21. The minimum absolute atomic E-state index is 0.178. The Kier molecular flexibility index (Phi) is 4.69. The second kappa shape index (κ2) is 6.49. The zero-order chi connectivity index (χ0) is 15.4. The number of amides is 1. The summed E-state index contributed by atoms with van der Waals surface area (Å²) in [6.07, 6.45) is 0. The Bertz CT molecular complexity index is 560. The molecule has 1 amide bonds. The smallest absolute Gasteiger partial charge is 0.338 e. The number of aromatic carboxylic acids is 1. The Balaban J connectivity index is 2.01. The van der Waals surface area contributed by atoms with Crippen LogP contribution in [0.5, 0.6) is 0 Å². The molecule has 8 heteroatoms. The molecule has 1 saturated heterocycles. The highest BCUT2D eigenvalue weighted by Gasteiger charge is 2.20. The highest BCUT2D eigenvalue weighted by Crippen LogP contribution is 2.20. The van der Waals surface area contributed by atoms with Crippen LogP contribution in [0.3, 0.4) is 0 Å². The summed E-state index contributed by atoms with van der Waals surface area (Å²) in [5.74, 6) is -4.52. The van der Waals surface area contributed by atoms with Gasteiger partial charge in [-0.2, -0.15) is 0 Å². The van der Waals surface area contributed by atoms with Gasteiger partial charge in [-0.3, -0.25) is 4.79 Å². The molecule has 0 saturated carbocycles. The van der Waals surface area contributed by atoms with Crippen LogP contribution in [0.2, 0.25) is 0 Å². The van der Waals surface area contributed by atoms with Gasteiger partial charge in [0.2, 0.25) is 5.91 Å². The van der Waals surface area contributed by atoms with Gasteiger partial charge in [0.05, 0.1) is 17.8 Å². The summed E-state index contributed by atoms with van der Waals surface area (Å²) < 4.78 is 27.2. The molecule has 1 aromatic carbocycles. The lowest BCUT2D eigenvalue weighted by Crippen LogP contribution is -2.48. The van der Waals surface area contributed by atoms with E-state index in [-0.39, 0.29) is 18.1 Å². The fraction of sp³-hybridized carbons (Fsp3) is 0.385. The molecule has 1 aromatic rings. The van der Waals surface area contributed by atoms with Gasteiger partial charge < -0.3 is 20.6 Å². The number of hydrogen-bond donors (Lipinski definition) is 3. The molecule has 1 heterocycles. The number of hydrogen-bond acceptors (Lipinski definition) is 4. The summed E-state index contributed by atoms with van der Waals surface area (Å²) >= 11 is 0. The van der Waals surface area contributed by atoms with Gasteiger partial charge in [-0.05, 0) is 12.1 Å². The van der Waals surface area contributed by atoms with Crippen LogP contribution < -0.4 is 10.6 Å². The average molecular weight is 299 g/mol. The van der Waals surface area contributed by atoms with Crippen molar-refractivity contribution in [2.24, 2.45) is 0 Å². The predicted molar refractivity (Wildman–Crippen MR) is 71.3 cm³/mol. The number of carboxylic acid groups (broad SMARTS) is 1. The topological polar surface area (TPSA) is 81.7 Å². The van der Waals surface area contributed by atoms with Crippen molar-refractivity contribution in [3.63, 3.8) is 0 Å². The van der Waals surface area contributed by atoms with Gasteiger partial charge in [-0.15, -0.1) is 0 Å². The highest BCUT2D eigenvalue weighted by molar-refractivity contribution is 5.88. The Morgan fingerprint density at radius 2 is 1.90 bits per heavy atom. The van der Waals surface area contributed by atoms with Crippen molar-refractivity contribution in [3.05, 3.63) is 29.3 Å². The minimum atomic E-state index is -1.55. The molecule has 0 aliphatic carbocycles. The molecule has 6 nitrogen and oxygen atoms in total.